The first-order chi connectivity index (χ1) is 17.5. The third kappa shape index (κ3) is 6.96. The van der Waals surface area contributed by atoms with Crippen molar-refractivity contribution >= 4 is 11.6 Å². The maximum atomic E-state index is 12.8. The van der Waals surface area contributed by atoms with Gasteiger partial charge in [0.2, 0.25) is 5.88 Å². The molecule has 1 aliphatic heterocycles. The molecule has 1 aromatic heterocycles. The molecule has 36 heavy (non-hydrogen) atoms. The van der Waals surface area contributed by atoms with Gasteiger partial charge in [-0.2, -0.15) is 0 Å². The van der Waals surface area contributed by atoms with Crippen molar-refractivity contribution in [3.05, 3.63) is 78.5 Å². The molecule has 1 atom stereocenters. The lowest BCUT2D eigenvalue weighted by Gasteiger charge is -2.37. The number of para-hydroxylation sites is 3. The van der Waals surface area contributed by atoms with Gasteiger partial charge in [0.25, 0.3) is 5.91 Å². The number of nitrogens with zero attached hydrogens (tertiary/aromatic N) is 3. The van der Waals surface area contributed by atoms with Gasteiger partial charge in [-0.05, 0) is 50.2 Å². The third-order valence-corrected chi connectivity index (χ3v) is 5.88. The summed E-state index contributed by atoms with van der Waals surface area (Å²) < 4.78 is 11.8. The number of pyridine rings is 1. The number of ether oxygens (including phenoxy) is 2. The quantitative estimate of drug-likeness (QED) is 0.449. The molecule has 2 aromatic carbocycles. The Morgan fingerprint density at radius 1 is 1.00 bits per heavy atom. The second kappa shape index (κ2) is 12.4. The molecule has 1 saturated heterocycles. The van der Waals surface area contributed by atoms with E-state index in [0.717, 1.165) is 37.6 Å². The number of aliphatic hydroxyl groups is 1. The average Bonchev–Trinajstić information content (AvgIpc) is 2.89. The van der Waals surface area contributed by atoms with Gasteiger partial charge in [0.15, 0.2) is 0 Å². The number of piperazine rings is 1. The van der Waals surface area contributed by atoms with Gasteiger partial charge in [0.05, 0.1) is 17.9 Å². The Bertz CT molecular complexity index is 1120. The minimum absolute atomic E-state index is 0.116. The molecular weight excluding hydrogens is 456 g/mol. The molecule has 190 valence electrons. The van der Waals surface area contributed by atoms with Crippen molar-refractivity contribution in [2.75, 3.05) is 44.2 Å². The number of rotatable bonds is 10. The predicted molar refractivity (Wildman–Crippen MR) is 140 cm³/mol. The Morgan fingerprint density at radius 3 is 2.47 bits per heavy atom. The predicted octanol–water partition coefficient (Wildman–Crippen LogP) is 3.57. The molecule has 8 heteroatoms. The number of amides is 1. The van der Waals surface area contributed by atoms with E-state index in [9.17, 15) is 9.90 Å². The fraction of sp³-hybridized carbons (Fsp3) is 0.357. The van der Waals surface area contributed by atoms with Crippen LogP contribution in [0.4, 0.5) is 5.69 Å². The molecule has 0 spiro atoms. The van der Waals surface area contributed by atoms with Crippen LogP contribution in [0, 0.1) is 0 Å². The summed E-state index contributed by atoms with van der Waals surface area (Å²) in [5.74, 6) is 1.39. The first-order valence-electron chi connectivity index (χ1n) is 12.4. The highest BCUT2D eigenvalue weighted by atomic mass is 16.5. The van der Waals surface area contributed by atoms with Crippen molar-refractivity contribution in [2.45, 2.75) is 26.1 Å². The van der Waals surface area contributed by atoms with E-state index in [-0.39, 0.29) is 24.4 Å². The minimum Gasteiger partial charge on any atom is -0.489 e. The van der Waals surface area contributed by atoms with Crippen LogP contribution in [0.25, 0.3) is 0 Å². The zero-order valence-corrected chi connectivity index (χ0v) is 20.8. The summed E-state index contributed by atoms with van der Waals surface area (Å²) in [5, 5.41) is 13.4. The van der Waals surface area contributed by atoms with Crippen LogP contribution in [0.2, 0.25) is 0 Å². The Hall–Kier alpha value is -3.62. The summed E-state index contributed by atoms with van der Waals surface area (Å²) in [5.41, 5.74) is 1.42. The molecule has 1 fully saturated rings. The number of hydrogen-bond donors (Lipinski definition) is 2. The normalized spacial score (nSPS) is 14.9. The number of anilines is 1. The van der Waals surface area contributed by atoms with Crippen LogP contribution < -0.4 is 19.7 Å². The lowest BCUT2D eigenvalue weighted by Crippen LogP contribution is -2.50. The number of aliphatic hydroxyl groups excluding tert-OH is 1. The molecule has 2 heterocycles. The van der Waals surface area contributed by atoms with Gasteiger partial charge in [0.1, 0.15) is 17.1 Å². The summed E-state index contributed by atoms with van der Waals surface area (Å²) in [7, 11) is 0. The molecule has 2 N–H and O–H groups in total. The molecule has 3 aromatic rings. The molecule has 0 bridgehead atoms. The Morgan fingerprint density at radius 2 is 1.72 bits per heavy atom. The SMILES string of the molecule is CC(C)Oc1ccccc1N1CCN(C[C@H](O)CNC(=O)c2cccnc2Oc2ccccc2)CC1. The maximum Gasteiger partial charge on any atom is 0.256 e. The van der Waals surface area contributed by atoms with Gasteiger partial charge >= 0.3 is 0 Å². The zero-order valence-electron chi connectivity index (χ0n) is 20.8. The van der Waals surface area contributed by atoms with E-state index >= 15 is 0 Å². The molecule has 0 saturated carbocycles. The molecule has 0 radical (unpaired) electrons. The van der Waals surface area contributed by atoms with Crippen LogP contribution >= 0.6 is 0 Å². The van der Waals surface area contributed by atoms with Crippen LogP contribution in [0.3, 0.4) is 0 Å². The summed E-state index contributed by atoms with van der Waals surface area (Å²) in [6.07, 6.45) is 1.01. The molecular formula is C28H34N4O4. The smallest absolute Gasteiger partial charge is 0.256 e. The second-order valence-electron chi connectivity index (χ2n) is 9.06. The molecule has 0 unspecified atom stereocenters. The van der Waals surface area contributed by atoms with E-state index in [2.05, 4.69) is 26.2 Å². The summed E-state index contributed by atoms with van der Waals surface area (Å²) >= 11 is 0. The van der Waals surface area contributed by atoms with E-state index < -0.39 is 6.10 Å². The van der Waals surface area contributed by atoms with Crippen LogP contribution in [-0.4, -0.2) is 72.4 Å². The number of β-amino-alcohol motifs (C(OH)–C–C–N with tert-alkyl or cyclic N) is 1. The van der Waals surface area contributed by atoms with Crippen molar-refractivity contribution in [3.8, 4) is 17.4 Å². The van der Waals surface area contributed by atoms with E-state index in [0.29, 0.717) is 17.9 Å². The number of aromatic nitrogens is 1. The highest BCUT2D eigenvalue weighted by molar-refractivity contribution is 5.96. The fourth-order valence-electron chi connectivity index (χ4n) is 4.16. The largest absolute Gasteiger partial charge is 0.489 e. The fourth-order valence-corrected chi connectivity index (χ4v) is 4.16. The van der Waals surface area contributed by atoms with Crippen molar-refractivity contribution < 1.29 is 19.4 Å². The lowest BCUT2D eigenvalue weighted by atomic mass is 10.2. The van der Waals surface area contributed by atoms with E-state index in [4.69, 9.17) is 9.47 Å². The molecule has 4 rings (SSSR count). The van der Waals surface area contributed by atoms with E-state index in [1.165, 1.54) is 0 Å². The van der Waals surface area contributed by atoms with Gasteiger partial charge in [0, 0.05) is 45.5 Å². The monoisotopic (exact) mass is 490 g/mol. The van der Waals surface area contributed by atoms with Crippen LogP contribution in [0.5, 0.6) is 17.4 Å². The second-order valence-corrected chi connectivity index (χ2v) is 9.06. The van der Waals surface area contributed by atoms with Gasteiger partial charge < -0.3 is 24.8 Å². The number of hydrogen-bond acceptors (Lipinski definition) is 7. The highest BCUT2D eigenvalue weighted by Crippen LogP contribution is 2.29. The molecule has 0 aliphatic carbocycles. The highest BCUT2D eigenvalue weighted by Gasteiger charge is 2.22. The van der Waals surface area contributed by atoms with Crippen molar-refractivity contribution in [1.82, 2.24) is 15.2 Å². The Labute approximate surface area is 212 Å². The first kappa shape index (κ1) is 25.5. The number of benzene rings is 2. The Kier molecular flexibility index (Phi) is 8.76. The summed E-state index contributed by atoms with van der Waals surface area (Å²) in [4.78, 5) is 21.5. The van der Waals surface area contributed by atoms with Gasteiger partial charge in [-0.15, -0.1) is 0 Å². The van der Waals surface area contributed by atoms with Crippen molar-refractivity contribution in [2.24, 2.45) is 0 Å². The van der Waals surface area contributed by atoms with E-state index in [1.807, 2.05) is 50.2 Å². The molecule has 8 nitrogen and oxygen atoms in total. The van der Waals surface area contributed by atoms with Crippen molar-refractivity contribution in [1.29, 1.82) is 0 Å². The Balaban J connectivity index is 1.26. The van der Waals surface area contributed by atoms with Crippen LogP contribution in [0.15, 0.2) is 72.9 Å². The molecule has 1 amide bonds. The zero-order chi connectivity index (χ0) is 25.3. The third-order valence-electron chi connectivity index (χ3n) is 5.88. The minimum atomic E-state index is -0.688. The van der Waals surface area contributed by atoms with Gasteiger partial charge in [-0.25, -0.2) is 4.98 Å². The van der Waals surface area contributed by atoms with Crippen LogP contribution in [0.1, 0.15) is 24.2 Å². The topological polar surface area (TPSA) is 87.2 Å². The average molecular weight is 491 g/mol. The van der Waals surface area contributed by atoms with Crippen LogP contribution in [-0.2, 0) is 0 Å². The number of carbonyl (C=O) groups is 1. The molecule has 1 aliphatic rings. The standard InChI is InChI=1S/C28H34N4O4/c1-21(2)35-26-13-7-6-12-25(26)32-17-15-31(16-18-32)20-22(33)19-30-27(34)24-11-8-14-29-28(24)36-23-9-4-3-5-10-23/h3-14,21-22,33H,15-20H2,1-2H3,(H,30,34)/t22-/m1/s1. The van der Waals surface area contributed by atoms with Crippen molar-refractivity contribution in [3.63, 3.8) is 0 Å². The number of nitrogens with one attached hydrogen (secondary N) is 1. The lowest BCUT2D eigenvalue weighted by molar-refractivity contribution is 0.0849. The summed E-state index contributed by atoms with van der Waals surface area (Å²) in [6.45, 7) is 8.00. The maximum absolute atomic E-state index is 12.8. The van der Waals surface area contributed by atoms with E-state index in [1.54, 1.807) is 30.5 Å². The number of carbonyl (C=O) groups excluding carboxylic acids is 1. The summed E-state index contributed by atoms with van der Waals surface area (Å²) in [6, 6.07) is 20.7. The first-order valence-corrected chi connectivity index (χ1v) is 12.4. The van der Waals surface area contributed by atoms with Gasteiger partial charge in [-0.1, -0.05) is 30.3 Å². The van der Waals surface area contributed by atoms with Gasteiger partial charge in [-0.3, -0.25) is 9.69 Å².